The fourth-order valence-corrected chi connectivity index (χ4v) is 3.57. The summed E-state index contributed by atoms with van der Waals surface area (Å²) in [6, 6.07) is 3.50. The van der Waals surface area contributed by atoms with Gasteiger partial charge in [-0.15, -0.1) is 11.3 Å². The zero-order chi connectivity index (χ0) is 15.5. The van der Waals surface area contributed by atoms with Crippen molar-refractivity contribution in [3.63, 3.8) is 0 Å². The van der Waals surface area contributed by atoms with Crippen molar-refractivity contribution in [3.05, 3.63) is 45.4 Å². The highest BCUT2D eigenvalue weighted by Gasteiger charge is 2.17. The molecule has 0 bridgehead atoms. The number of carbonyl (C=O) groups is 1. The molecule has 1 aromatic heterocycles. The summed E-state index contributed by atoms with van der Waals surface area (Å²) >= 11 is 7.20. The Labute approximate surface area is 130 Å². The Morgan fingerprint density at radius 2 is 2.19 bits per heavy atom. The third-order valence-electron chi connectivity index (χ3n) is 2.64. The number of benzene rings is 1. The second-order valence-corrected chi connectivity index (χ2v) is 6.97. The largest absolute Gasteiger partial charge is 0.478 e. The van der Waals surface area contributed by atoms with Gasteiger partial charge in [-0.3, -0.25) is 0 Å². The lowest BCUT2D eigenvalue weighted by Gasteiger charge is -2.07. The van der Waals surface area contributed by atoms with Crippen molar-refractivity contribution in [2.75, 3.05) is 6.54 Å². The van der Waals surface area contributed by atoms with Gasteiger partial charge in [-0.25, -0.2) is 22.9 Å². The van der Waals surface area contributed by atoms with Gasteiger partial charge in [0, 0.05) is 18.3 Å². The highest BCUT2D eigenvalue weighted by atomic mass is 35.5. The number of rotatable bonds is 6. The summed E-state index contributed by atoms with van der Waals surface area (Å²) in [5.74, 6) is -1.21. The van der Waals surface area contributed by atoms with Crippen LogP contribution in [0.2, 0.25) is 5.02 Å². The van der Waals surface area contributed by atoms with Crippen molar-refractivity contribution in [1.82, 2.24) is 9.71 Å². The second kappa shape index (κ2) is 6.52. The van der Waals surface area contributed by atoms with Crippen molar-refractivity contribution in [2.45, 2.75) is 11.3 Å². The summed E-state index contributed by atoms with van der Waals surface area (Å²) in [6.45, 7) is 0.199. The maximum Gasteiger partial charge on any atom is 0.337 e. The number of aromatic carboxylic acids is 1. The molecular formula is C12H11ClN2O4S2. The monoisotopic (exact) mass is 346 g/mol. The number of nitrogens with zero attached hydrogens (tertiary/aromatic N) is 1. The fraction of sp³-hybridized carbons (Fsp3) is 0.167. The van der Waals surface area contributed by atoms with Crippen LogP contribution in [0.5, 0.6) is 0 Å². The Morgan fingerprint density at radius 3 is 2.76 bits per heavy atom. The molecule has 2 aromatic rings. The van der Waals surface area contributed by atoms with Crippen LogP contribution in [0.4, 0.5) is 0 Å². The number of carboxylic acid groups (broad SMARTS) is 1. The van der Waals surface area contributed by atoms with Crippen LogP contribution in [0.25, 0.3) is 0 Å². The predicted octanol–water partition coefficient (Wildman–Crippen LogP) is 2.02. The average molecular weight is 347 g/mol. The third-order valence-corrected chi connectivity index (χ3v) is 5.04. The molecule has 0 fully saturated rings. The van der Waals surface area contributed by atoms with E-state index in [0.29, 0.717) is 6.42 Å². The van der Waals surface area contributed by atoms with E-state index in [-0.39, 0.29) is 22.0 Å². The van der Waals surface area contributed by atoms with Gasteiger partial charge < -0.3 is 5.11 Å². The third kappa shape index (κ3) is 4.01. The smallest absolute Gasteiger partial charge is 0.337 e. The molecule has 0 amide bonds. The van der Waals surface area contributed by atoms with E-state index in [4.69, 9.17) is 16.7 Å². The lowest BCUT2D eigenvalue weighted by atomic mass is 10.2. The zero-order valence-corrected chi connectivity index (χ0v) is 13.0. The first-order chi connectivity index (χ1) is 9.90. The molecule has 0 saturated heterocycles. The SMILES string of the molecule is O=C(O)c1ccc(S(=O)(=O)NCCc2cscn2)cc1Cl. The Hall–Kier alpha value is -1.48. The van der Waals surface area contributed by atoms with E-state index < -0.39 is 16.0 Å². The molecule has 112 valence electrons. The number of thiazole rings is 1. The fourth-order valence-electron chi connectivity index (χ4n) is 1.59. The number of hydrogen-bond donors (Lipinski definition) is 2. The minimum Gasteiger partial charge on any atom is -0.478 e. The highest BCUT2D eigenvalue weighted by Crippen LogP contribution is 2.20. The maximum absolute atomic E-state index is 12.1. The van der Waals surface area contributed by atoms with Crippen molar-refractivity contribution >= 4 is 38.9 Å². The van der Waals surface area contributed by atoms with Gasteiger partial charge in [0.25, 0.3) is 0 Å². The first-order valence-corrected chi connectivity index (χ1v) is 8.60. The van der Waals surface area contributed by atoms with Crippen LogP contribution in [0, 0.1) is 0 Å². The molecule has 1 heterocycles. The average Bonchev–Trinajstić information content (AvgIpc) is 2.91. The Kier molecular flexibility index (Phi) is 4.94. The number of aromatic nitrogens is 1. The van der Waals surface area contributed by atoms with E-state index in [9.17, 15) is 13.2 Å². The number of halogens is 1. The van der Waals surface area contributed by atoms with Crippen molar-refractivity contribution < 1.29 is 18.3 Å². The summed E-state index contributed by atoms with van der Waals surface area (Å²) in [6.07, 6.45) is 0.476. The second-order valence-electron chi connectivity index (χ2n) is 4.07. The molecule has 0 unspecified atom stereocenters. The van der Waals surface area contributed by atoms with Gasteiger partial charge in [-0.05, 0) is 18.2 Å². The van der Waals surface area contributed by atoms with E-state index in [1.807, 2.05) is 5.38 Å². The molecule has 0 saturated carbocycles. The van der Waals surface area contributed by atoms with Gasteiger partial charge >= 0.3 is 5.97 Å². The molecule has 2 rings (SSSR count). The van der Waals surface area contributed by atoms with E-state index in [1.54, 1.807) is 5.51 Å². The molecule has 21 heavy (non-hydrogen) atoms. The van der Waals surface area contributed by atoms with Crippen molar-refractivity contribution in [1.29, 1.82) is 0 Å². The number of sulfonamides is 1. The summed E-state index contributed by atoms with van der Waals surface area (Å²) < 4.78 is 26.5. The summed E-state index contributed by atoms with van der Waals surface area (Å²) in [5, 5.41) is 10.6. The van der Waals surface area contributed by atoms with Gasteiger partial charge in [0.2, 0.25) is 10.0 Å². The van der Waals surface area contributed by atoms with Crippen LogP contribution < -0.4 is 4.72 Å². The first kappa shape index (κ1) is 15.9. The molecule has 0 spiro atoms. The summed E-state index contributed by atoms with van der Waals surface area (Å²) in [7, 11) is -3.73. The number of carboxylic acids is 1. The highest BCUT2D eigenvalue weighted by molar-refractivity contribution is 7.89. The van der Waals surface area contributed by atoms with Gasteiger partial charge in [0.05, 0.1) is 26.7 Å². The molecule has 1 aromatic carbocycles. The van der Waals surface area contributed by atoms with Crippen molar-refractivity contribution in [3.8, 4) is 0 Å². The van der Waals surface area contributed by atoms with Gasteiger partial charge in [-0.2, -0.15) is 0 Å². The predicted molar refractivity (Wildman–Crippen MR) is 79.4 cm³/mol. The van der Waals surface area contributed by atoms with E-state index in [1.165, 1.54) is 23.5 Å². The molecule has 0 aliphatic carbocycles. The molecule has 0 aliphatic heterocycles. The van der Waals surface area contributed by atoms with Crippen LogP contribution in [0.15, 0.2) is 34.0 Å². The summed E-state index contributed by atoms with van der Waals surface area (Å²) in [4.78, 5) is 14.8. The topological polar surface area (TPSA) is 96.4 Å². The lowest BCUT2D eigenvalue weighted by molar-refractivity contribution is 0.0697. The number of hydrogen-bond acceptors (Lipinski definition) is 5. The van der Waals surface area contributed by atoms with E-state index in [0.717, 1.165) is 11.8 Å². The Bertz CT molecular complexity index is 745. The Balaban J connectivity index is 2.08. The molecule has 0 atom stereocenters. The quantitative estimate of drug-likeness (QED) is 0.834. The normalized spacial score (nSPS) is 11.5. The van der Waals surface area contributed by atoms with Crippen molar-refractivity contribution in [2.24, 2.45) is 0 Å². The van der Waals surface area contributed by atoms with E-state index in [2.05, 4.69) is 9.71 Å². The van der Waals surface area contributed by atoms with Crippen LogP contribution in [-0.2, 0) is 16.4 Å². The maximum atomic E-state index is 12.1. The lowest BCUT2D eigenvalue weighted by Crippen LogP contribution is -2.26. The molecule has 9 heteroatoms. The minimum atomic E-state index is -3.73. The van der Waals surface area contributed by atoms with Crippen LogP contribution >= 0.6 is 22.9 Å². The van der Waals surface area contributed by atoms with Gasteiger partial charge in [-0.1, -0.05) is 11.6 Å². The molecular weight excluding hydrogens is 336 g/mol. The van der Waals surface area contributed by atoms with E-state index >= 15 is 0 Å². The number of nitrogens with one attached hydrogen (secondary N) is 1. The Morgan fingerprint density at radius 1 is 1.43 bits per heavy atom. The zero-order valence-electron chi connectivity index (χ0n) is 10.6. The molecule has 2 N–H and O–H groups in total. The van der Waals surface area contributed by atoms with Gasteiger partial charge in [0.15, 0.2) is 0 Å². The standard InChI is InChI=1S/C12H11ClN2O4S2/c13-11-5-9(1-2-10(11)12(16)17)21(18,19)15-4-3-8-6-20-7-14-8/h1-2,5-7,15H,3-4H2,(H,16,17). The minimum absolute atomic E-state index is 0.0734. The first-order valence-electron chi connectivity index (χ1n) is 5.80. The van der Waals surface area contributed by atoms with Crippen LogP contribution in [0.3, 0.4) is 0 Å². The van der Waals surface area contributed by atoms with Gasteiger partial charge in [0.1, 0.15) is 0 Å². The summed E-state index contributed by atoms with van der Waals surface area (Å²) in [5.41, 5.74) is 2.34. The molecule has 6 nitrogen and oxygen atoms in total. The molecule has 0 radical (unpaired) electrons. The van der Waals surface area contributed by atoms with Crippen LogP contribution in [-0.4, -0.2) is 31.0 Å². The molecule has 0 aliphatic rings. The van der Waals surface area contributed by atoms with Crippen LogP contribution in [0.1, 0.15) is 16.1 Å².